The van der Waals surface area contributed by atoms with Gasteiger partial charge in [-0.1, -0.05) is 20.8 Å². The number of likely N-dealkylation sites (tertiary alicyclic amines) is 1. The van der Waals surface area contributed by atoms with Gasteiger partial charge in [-0.05, 0) is 68.1 Å². The third-order valence-electron chi connectivity index (χ3n) is 7.98. The number of hydrogen-bond acceptors (Lipinski definition) is 3. The van der Waals surface area contributed by atoms with Gasteiger partial charge >= 0.3 is 0 Å². The second kappa shape index (κ2) is 8.10. The number of carbonyl (C=O) groups is 2. The van der Waals surface area contributed by atoms with E-state index in [4.69, 9.17) is 0 Å². The summed E-state index contributed by atoms with van der Waals surface area (Å²) in [5.41, 5.74) is 0.109. The van der Waals surface area contributed by atoms with Crippen LogP contribution in [0, 0.1) is 29.1 Å². The lowest BCUT2D eigenvalue weighted by Gasteiger charge is -2.56. The van der Waals surface area contributed by atoms with Crippen molar-refractivity contribution >= 4 is 11.8 Å². The van der Waals surface area contributed by atoms with Gasteiger partial charge in [-0.25, -0.2) is 0 Å². The van der Waals surface area contributed by atoms with E-state index in [0.29, 0.717) is 0 Å². The Morgan fingerprint density at radius 2 is 1.78 bits per heavy atom. The van der Waals surface area contributed by atoms with Crippen LogP contribution in [0.1, 0.15) is 72.6 Å². The van der Waals surface area contributed by atoms with E-state index in [0.717, 1.165) is 51.6 Å². The predicted octanol–water partition coefficient (Wildman–Crippen LogP) is 2.96. The molecule has 0 radical (unpaired) electrons. The maximum Gasteiger partial charge on any atom is 0.225 e. The van der Waals surface area contributed by atoms with E-state index >= 15 is 0 Å². The molecule has 2 saturated carbocycles. The molecular weight excluding hydrogens is 340 g/mol. The summed E-state index contributed by atoms with van der Waals surface area (Å²) >= 11 is 0. The summed E-state index contributed by atoms with van der Waals surface area (Å²) in [7, 11) is 0. The summed E-state index contributed by atoms with van der Waals surface area (Å²) in [6.07, 6.45) is 6.94. The van der Waals surface area contributed by atoms with Crippen LogP contribution in [0.2, 0.25) is 0 Å². The van der Waals surface area contributed by atoms with Crippen molar-refractivity contribution in [2.24, 2.45) is 29.1 Å². The van der Waals surface area contributed by atoms with Gasteiger partial charge in [0.05, 0.1) is 6.10 Å². The molecule has 154 valence electrons. The number of aliphatic hydroxyl groups is 1. The highest BCUT2D eigenvalue weighted by Gasteiger charge is 2.54. The fraction of sp³-hybridized carbons (Fsp3) is 0.909. The van der Waals surface area contributed by atoms with Gasteiger partial charge in [-0.2, -0.15) is 0 Å². The highest BCUT2D eigenvalue weighted by Crippen LogP contribution is 2.55. The first kappa shape index (κ1) is 20.6. The second-order valence-corrected chi connectivity index (χ2v) is 9.75. The zero-order valence-corrected chi connectivity index (χ0v) is 17.5. The van der Waals surface area contributed by atoms with Crippen LogP contribution in [0.4, 0.5) is 0 Å². The second-order valence-electron chi connectivity index (χ2n) is 9.75. The summed E-state index contributed by atoms with van der Waals surface area (Å²) < 4.78 is 0. The molecule has 5 heteroatoms. The SMILES string of the molecule is CC(=O)N[C@H]1CC[C@]2(C)CC[C@H]([C@H](C)C(=O)N3CCCCC3)[C@H](O)[C@H]2[C@@H]1C. The molecule has 0 bridgehead atoms. The standard InChI is InChI=1S/C22H38N2O3/c1-14(21(27)24-12-6-5-7-13-24)17-8-10-22(4)11-9-18(23-16(3)25)15(2)19(22)20(17)26/h14-15,17-20,26H,5-13H2,1-4H3,(H,23,25)/t14-,15+,17+,18-,19+,20-,22-/m0/s1. The summed E-state index contributed by atoms with van der Waals surface area (Å²) in [5.74, 6) is 0.489. The third kappa shape index (κ3) is 4.03. The lowest BCUT2D eigenvalue weighted by Crippen LogP contribution is -2.58. The predicted molar refractivity (Wildman–Crippen MR) is 106 cm³/mol. The first-order chi connectivity index (χ1) is 12.7. The molecule has 0 aromatic heterocycles. The number of piperidine rings is 1. The molecule has 3 rings (SSSR count). The highest BCUT2D eigenvalue weighted by atomic mass is 16.3. The number of nitrogens with zero attached hydrogens (tertiary/aromatic N) is 1. The minimum atomic E-state index is -0.473. The zero-order valence-electron chi connectivity index (χ0n) is 17.5. The number of nitrogens with one attached hydrogen (secondary N) is 1. The van der Waals surface area contributed by atoms with Crippen LogP contribution < -0.4 is 5.32 Å². The van der Waals surface area contributed by atoms with E-state index in [2.05, 4.69) is 19.2 Å². The summed E-state index contributed by atoms with van der Waals surface area (Å²) in [5, 5.41) is 14.5. The molecule has 1 heterocycles. The van der Waals surface area contributed by atoms with E-state index in [1.54, 1.807) is 6.92 Å². The van der Waals surface area contributed by atoms with Crippen molar-refractivity contribution in [1.82, 2.24) is 10.2 Å². The van der Waals surface area contributed by atoms with E-state index < -0.39 is 6.10 Å². The molecule has 3 aliphatic rings. The molecule has 2 N–H and O–H groups in total. The van der Waals surface area contributed by atoms with E-state index in [9.17, 15) is 14.7 Å². The maximum atomic E-state index is 13.0. The molecule has 3 fully saturated rings. The molecular formula is C22H38N2O3. The zero-order chi connectivity index (χ0) is 19.8. The van der Waals surface area contributed by atoms with Crippen LogP contribution in [-0.2, 0) is 9.59 Å². The average Bonchev–Trinajstić information content (AvgIpc) is 2.64. The van der Waals surface area contributed by atoms with Crippen molar-refractivity contribution in [3.05, 3.63) is 0 Å². The van der Waals surface area contributed by atoms with E-state index in [-0.39, 0.29) is 46.9 Å². The fourth-order valence-corrected chi connectivity index (χ4v) is 6.34. The molecule has 2 aliphatic carbocycles. The van der Waals surface area contributed by atoms with Crippen LogP contribution in [0.3, 0.4) is 0 Å². The number of aliphatic hydroxyl groups excluding tert-OH is 1. The largest absolute Gasteiger partial charge is 0.392 e. The van der Waals surface area contributed by atoms with Gasteiger partial charge in [0.1, 0.15) is 0 Å². The van der Waals surface area contributed by atoms with Crippen LogP contribution >= 0.6 is 0 Å². The van der Waals surface area contributed by atoms with Crippen molar-refractivity contribution in [2.75, 3.05) is 13.1 Å². The average molecular weight is 379 g/mol. The minimum absolute atomic E-state index is 0.00551. The molecule has 0 unspecified atom stereocenters. The molecule has 0 aromatic rings. The lowest BCUT2D eigenvalue weighted by atomic mass is 9.51. The van der Waals surface area contributed by atoms with Crippen LogP contribution in [0.25, 0.3) is 0 Å². The Morgan fingerprint density at radius 3 is 2.41 bits per heavy atom. The first-order valence-electron chi connectivity index (χ1n) is 11.0. The van der Waals surface area contributed by atoms with Gasteiger partial charge < -0.3 is 15.3 Å². The van der Waals surface area contributed by atoms with Crippen LogP contribution in [0.15, 0.2) is 0 Å². The van der Waals surface area contributed by atoms with E-state index in [1.165, 1.54) is 6.42 Å². The fourth-order valence-electron chi connectivity index (χ4n) is 6.34. The third-order valence-corrected chi connectivity index (χ3v) is 7.98. The molecule has 5 nitrogen and oxygen atoms in total. The molecule has 27 heavy (non-hydrogen) atoms. The number of hydrogen-bond donors (Lipinski definition) is 2. The maximum absolute atomic E-state index is 13.0. The summed E-state index contributed by atoms with van der Waals surface area (Å²) in [6.45, 7) is 9.80. The highest BCUT2D eigenvalue weighted by molar-refractivity contribution is 5.79. The Balaban J connectivity index is 1.74. The number of carbonyl (C=O) groups excluding carboxylic acids is 2. The van der Waals surface area contributed by atoms with Crippen LogP contribution in [-0.4, -0.2) is 47.1 Å². The van der Waals surface area contributed by atoms with E-state index in [1.807, 2.05) is 11.8 Å². The monoisotopic (exact) mass is 378 g/mol. The topological polar surface area (TPSA) is 69.6 Å². The first-order valence-corrected chi connectivity index (χ1v) is 11.0. The van der Waals surface area contributed by atoms with Crippen LogP contribution in [0.5, 0.6) is 0 Å². The van der Waals surface area contributed by atoms with Gasteiger partial charge in [0.25, 0.3) is 0 Å². The quantitative estimate of drug-likeness (QED) is 0.793. The van der Waals surface area contributed by atoms with Gasteiger partial charge in [0.15, 0.2) is 0 Å². The van der Waals surface area contributed by atoms with Crippen molar-refractivity contribution in [3.63, 3.8) is 0 Å². The summed E-state index contributed by atoms with van der Waals surface area (Å²) in [6, 6.07) is 0.127. The number of rotatable bonds is 3. The molecule has 1 saturated heterocycles. The number of fused-ring (bicyclic) bond motifs is 1. The Labute approximate surface area is 164 Å². The van der Waals surface area contributed by atoms with Crippen molar-refractivity contribution in [3.8, 4) is 0 Å². The Kier molecular flexibility index (Phi) is 6.19. The minimum Gasteiger partial charge on any atom is -0.392 e. The van der Waals surface area contributed by atoms with Gasteiger partial charge in [0.2, 0.25) is 11.8 Å². The number of amides is 2. The molecule has 0 aromatic carbocycles. The van der Waals surface area contributed by atoms with Gasteiger partial charge in [-0.15, -0.1) is 0 Å². The Bertz CT molecular complexity index is 560. The van der Waals surface area contributed by atoms with Crippen molar-refractivity contribution in [2.45, 2.75) is 84.8 Å². The molecule has 2 amide bonds. The Hall–Kier alpha value is -1.10. The lowest BCUT2D eigenvalue weighted by molar-refractivity contribution is -0.151. The molecule has 0 spiro atoms. The molecule has 1 aliphatic heterocycles. The normalized spacial score (nSPS) is 40.8. The van der Waals surface area contributed by atoms with Crippen molar-refractivity contribution < 1.29 is 14.7 Å². The Morgan fingerprint density at radius 1 is 1.15 bits per heavy atom. The van der Waals surface area contributed by atoms with Gasteiger partial charge in [0, 0.05) is 32.0 Å². The summed E-state index contributed by atoms with van der Waals surface area (Å²) in [4.78, 5) is 26.6. The van der Waals surface area contributed by atoms with Crippen molar-refractivity contribution in [1.29, 1.82) is 0 Å². The molecule has 7 atom stereocenters. The smallest absolute Gasteiger partial charge is 0.225 e. The van der Waals surface area contributed by atoms with Gasteiger partial charge in [-0.3, -0.25) is 9.59 Å².